The molecule has 2 aliphatic heterocycles. The van der Waals surface area contributed by atoms with Crippen LogP contribution in [0.4, 0.5) is 9.59 Å². The summed E-state index contributed by atoms with van der Waals surface area (Å²) in [6, 6.07) is -0.113. The second kappa shape index (κ2) is 5.84. The Morgan fingerprint density at radius 1 is 1.48 bits per heavy atom. The van der Waals surface area contributed by atoms with Gasteiger partial charge in [0, 0.05) is 32.6 Å². The molecule has 21 heavy (non-hydrogen) atoms. The fourth-order valence-electron chi connectivity index (χ4n) is 2.50. The van der Waals surface area contributed by atoms with Crippen LogP contribution < -0.4 is 5.32 Å². The van der Waals surface area contributed by atoms with E-state index in [2.05, 4.69) is 15.5 Å². The summed E-state index contributed by atoms with van der Waals surface area (Å²) in [5.74, 6) is 0. The van der Waals surface area contributed by atoms with Crippen molar-refractivity contribution < 1.29 is 14.3 Å². The van der Waals surface area contributed by atoms with Gasteiger partial charge in [0.2, 0.25) is 0 Å². The zero-order valence-corrected chi connectivity index (χ0v) is 12.6. The van der Waals surface area contributed by atoms with Gasteiger partial charge in [-0.25, -0.2) is 9.59 Å². The van der Waals surface area contributed by atoms with E-state index in [1.807, 2.05) is 6.92 Å². The maximum absolute atomic E-state index is 12.1. The van der Waals surface area contributed by atoms with Crippen LogP contribution in [0.3, 0.4) is 0 Å². The van der Waals surface area contributed by atoms with Gasteiger partial charge >= 0.3 is 12.1 Å². The van der Waals surface area contributed by atoms with Gasteiger partial charge in [0.15, 0.2) is 0 Å². The molecule has 0 spiro atoms. The number of urea groups is 1. The van der Waals surface area contributed by atoms with E-state index in [0.29, 0.717) is 39.2 Å². The Hall–Kier alpha value is -1.90. The number of cyclic esters (lactones) is 1. The Labute approximate surface area is 126 Å². The maximum atomic E-state index is 12.1. The number of hydrogen-bond donors (Lipinski definition) is 1. The molecule has 0 aromatic carbocycles. The Morgan fingerprint density at radius 2 is 2.33 bits per heavy atom. The van der Waals surface area contributed by atoms with Crippen molar-refractivity contribution in [3.05, 3.63) is 10.0 Å². The van der Waals surface area contributed by atoms with Crippen molar-refractivity contribution in [2.24, 2.45) is 0 Å². The lowest BCUT2D eigenvalue weighted by molar-refractivity contribution is 0.127. The van der Waals surface area contributed by atoms with Gasteiger partial charge in [-0.1, -0.05) is 0 Å². The number of carbonyl (C=O) groups excluding carboxylic acids is 2. The summed E-state index contributed by atoms with van der Waals surface area (Å²) >= 11 is 1.54. The zero-order chi connectivity index (χ0) is 14.8. The van der Waals surface area contributed by atoms with Gasteiger partial charge in [0.25, 0.3) is 0 Å². The molecular weight excluding hydrogens is 294 g/mol. The number of rotatable bonds is 3. The third-order valence-electron chi connectivity index (χ3n) is 3.59. The Balaban J connectivity index is 1.44. The number of aryl methyl sites for hydroxylation is 1. The van der Waals surface area contributed by atoms with E-state index in [0.717, 1.165) is 10.0 Å². The lowest BCUT2D eigenvalue weighted by Gasteiger charge is -2.35. The number of ether oxygens (including phenoxy) is 1. The van der Waals surface area contributed by atoms with Crippen LogP contribution in [0.2, 0.25) is 0 Å². The van der Waals surface area contributed by atoms with Crippen molar-refractivity contribution in [3.63, 3.8) is 0 Å². The first-order chi connectivity index (χ1) is 10.1. The van der Waals surface area contributed by atoms with Gasteiger partial charge in [-0.05, 0) is 6.92 Å². The molecule has 1 N–H and O–H groups in total. The standard InChI is InChI=1S/C12H17N5O3S/c1-8-14-15-10(21-8)2-3-13-11(18)16-4-5-17-9(6-16)7-20-12(17)19/h9H,2-7H2,1H3,(H,13,18)/t9-/m1/s1. The molecule has 2 aliphatic rings. The van der Waals surface area contributed by atoms with Crippen LogP contribution in [0.1, 0.15) is 10.0 Å². The van der Waals surface area contributed by atoms with Crippen LogP contribution in [-0.2, 0) is 11.2 Å². The molecule has 3 amide bonds. The summed E-state index contributed by atoms with van der Waals surface area (Å²) in [5, 5.41) is 12.7. The van der Waals surface area contributed by atoms with Crippen molar-refractivity contribution in [3.8, 4) is 0 Å². The van der Waals surface area contributed by atoms with Crippen LogP contribution in [-0.4, -0.2) is 70.9 Å². The zero-order valence-electron chi connectivity index (χ0n) is 11.7. The lowest BCUT2D eigenvalue weighted by atomic mass is 10.2. The number of carbonyl (C=O) groups is 2. The van der Waals surface area contributed by atoms with E-state index in [9.17, 15) is 9.59 Å². The summed E-state index contributed by atoms with van der Waals surface area (Å²) in [7, 11) is 0. The van der Waals surface area contributed by atoms with Crippen molar-refractivity contribution in [2.45, 2.75) is 19.4 Å². The summed E-state index contributed by atoms with van der Waals surface area (Å²) in [4.78, 5) is 26.9. The van der Waals surface area contributed by atoms with Gasteiger partial charge in [-0.3, -0.25) is 4.90 Å². The predicted octanol–water partition coefficient (Wildman–Crippen LogP) is 0.235. The number of piperazine rings is 1. The topological polar surface area (TPSA) is 87.7 Å². The number of hydrogen-bond acceptors (Lipinski definition) is 6. The minimum Gasteiger partial charge on any atom is -0.447 e. The van der Waals surface area contributed by atoms with E-state index in [1.54, 1.807) is 9.80 Å². The summed E-state index contributed by atoms with van der Waals surface area (Å²) in [5.41, 5.74) is 0. The highest BCUT2D eigenvalue weighted by atomic mass is 32.1. The smallest absolute Gasteiger partial charge is 0.410 e. The first-order valence-corrected chi connectivity index (χ1v) is 7.70. The van der Waals surface area contributed by atoms with Crippen molar-refractivity contribution in [1.29, 1.82) is 0 Å². The van der Waals surface area contributed by atoms with Crippen LogP contribution >= 0.6 is 11.3 Å². The van der Waals surface area contributed by atoms with Crippen molar-refractivity contribution in [1.82, 2.24) is 25.3 Å². The lowest BCUT2D eigenvalue weighted by Crippen LogP contribution is -2.56. The Bertz CT molecular complexity index is 549. The van der Waals surface area contributed by atoms with E-state index in [-0.39, 0.29) is 18.2 Å². The predicted molar refractivity (Wildman–Crippen MR) is 75.2 cm³/mol. The monoisotopic (exact) mass is 311 g/mol. The Morgan fingerprint density at radius 3 is 3.10 bits per heavy atom. The third-order valence-corrected chi connectivity index (χ3v) is 4.49. The average molecular weight is 311 g/mol. The highest BCUT2D eigenvalue weighted by molar-refractivity contribution is 7.11. The third kappa shape index (κ3) is 3.07. The highest BCUT2D eigenvalue weighted by Gasteiger charge is 2.38. The molecule has 0 saturated carbocycles. The highest BCUT2D eigenvalue weighted by Crippen LogP contribution is 2.17. The number of nitrogens with one attached hydrogen (secondary N) is 1. The van der Waals surface area contributed by atoms with E-state index < -0.39 is 0 Å². The molecule has 2 fully saturated rings. The summed E-state index contributed by atoms with van der Waals surface area (Å²) < 4.78 is 4.98. The minimum absolute atomic E-state index is 0.0113. The van der Waals surface area contributed by atoms with E-state index in [1.165, 1.54) is 11.3 Å². The molecule has 1 aromatic rings. The van der Waals surface area contributed by atoms with Crippen LogP contribution in [0.25, 0.3) is 0 Å². The molecule has 1 atom stereocenters. The average Bonchev–Trinajstić information content (AvgIpc) is 3.05. The second-order valence-corrected chi connectivity index (χ2v) is 6.33. The molecule has 0 unspecified atom stereocenters. The molecule has 3 heterocycles. The van der Waals surface area contributed by atoms with Gasteiger partial charge in [0.05, 0.1) is 6.04 Å². The van der Waals surface area contributed by atoms with Crippen LogP contribution in [0, 0.1) is 6.92 Å². The normalized spacial score (nSPS) is 21.2. The molecule has 8 nitrogen and oxygen atoms in total. The Kier molecular flexibility index (Phi) is 3.91. The fourth-order valence-corrected chi connectivity index (χ4v) is 3.21. The molecule has 3 rings (SSSR count). The van der Waals surface area contributed by atoms with Gasteiger partial charge < -0.3 is 15.0 Å². The molecule has 0 bridgehead atoms. The molecule has 114 valence electrons. The molecule has 9 heteroatoms. The minimum atomic E-state index is -0.272. The van der Waals surface area contributed by atoms with Crippen molar-refractivity contribution in [2.75, 3.05) is 32.8 Å². The van der Waals surface area contributed by atoms with E-state index in [4.69, 9.17) is 4.74 Å². The summed E-state index contributed by atoms with van der Waals surface area (Å²) in [6.07, 6.45) is 0.411. The molecule has 0 aliphatic carbocycles. The maximum Gasteiger partial charge on any atom is 0.410 e. The van der Waals surface area contributed by atoms with Crippen LogP contribution in [0.15, 0.2) is 0 Å². The fraction of sp³-hybridized carbons (Fsp3) is 0.667. The number of nitrogens with zero attached hydrogens (tertiary/aromatic N) is 4. The van der Waals surface area contributed by atoms with Gasteiger partial charge in [-0.2, -0.15) is 0 Å². The number of amides is 3. The SMILES string of the molecule is Cc1nnc(CCNC(=O)N2CCN3C(=O)OC[C@H]3C2)s1. The number of aromatic nitrogens is 2. The van der Waals surface area contributed by atoms with Gasteiger partial charge in [-0.15, -0.1) is 21.5 Å². The second-order valence-electron chi connectivity index (χ2n) is 5.07. The quantitative estimate of drug-likeness (QED) is 0.863. The first-order valence-electron chi connectivity index (χ1n) is 6.88. The molecule has 1 aromatic heterocycles. The van der Waals surface area contributed by atoms with Crippen molar-refractivity contribution >= 4 is 23.5 Å². The largest absolute Gasteiger partial charge is 0.447 e. The van der Waals surface area contributed by atoms with E-state index >= 15 is 0 Å². The van der Waals surface area contributed by atoms with Gasteiger partial charge in [0.1, 0.15) is 16.6 Å². The molecular formula is C12H17N5O3S. The first kappa shape index (κ1) is 14.1. The molecule has 2 saturated heterocycles. The number of fused-ring (bicyclic) bond motifs is 1. The van der Waals surface area contributed by atoms with Crippen LogP contribution in [0.5, 0.6) is 0 Å². The molecule has 0 radical (unpaired) electrons. The summed E-state index contributed by atoms with van der Waals surface area (Å²) in [6.45, 7) is 4.40.